The van der Waals surface area contributed by atoms with Crippen molar-refractivity contribution in [3.05, 3.63) is 33.3 Å². The number of rotatable bonds is 2. The maximum Gasteiger partial charge on any atom is 0.0409 e. The summed E-state index contributed by atoms with van der Waals surface area (Å²) in [5.74, 6) is 1.29. The third kappa shape index (κ3) is 1.90. The molecule has 0 aliphatic heterocycles. The van der Waals surface area contributed by atoms with Crippen LogP contribution < -0.4 is 5.73 Å². The normalized spacial score (nSPS) is 26.1. The van der Waals surface area contributed by atoms with E-state index in [-0.39, 0.29) is 0 Å². The van der Waals surface area contributed by atoms with Crippen molar-refractivity contribution in [2.45, 2.75) is 12.3 Å². The smallest absolute Gasteiger partial charge is 0.0409 e. The molecule has 1 saturated carbocycles. The first-order valence-corrected chi connectivity index (χ1v) is 5.54. The summed E-state index contributed by atoms with van der Waals surface area (Å²) in [6, 6.07) is 5.94. The largest absolute Gasteiger partial charge is 0.330 e. The van der Waals surface area contributed by atoms with Crippen LogP contribution in [0.1, 0.15) is 17.9 Å². The zero-order chi connectivity index (χ0) is 9.42. The van der Waals surface area contributed by atoms with E-state index in [1.54, 1.807) is 0 Å². The number of nitrogens with two attached hydrogens (primary N) is 1. The van der Waals surface area contributed by atoms with Crippen molar-refractivity contribution in [1.82, 2.24) is 0 Å². The van der Waals surface area contributed by atoms with Gasteiger partial charge in [-0.1, -0.05) is 27.5 Å². The van der Waals surface area contributed by atoms with Crippen LogP contribution in [0.5, 0.6) is 0 Å². The van der Waals surface area contributed by atoms with E-state index in [2.05, 4.69) is 15.9 Å². The first-order chi connectivity index (χ1) is 6.22. The van der Waals surface area contributed by atoms with Crippen molar-refractivity contribution >= 4 is 27.5 Å². The topological polar surface area (TPSA) is 26.0 Å². The molecule has 2 atom stereocenters. The summed E-state index contributed by atoms with van der Waals surface area (Å²) in [4.78, 5) is 0. The van der Waals surface area contributed by atoms with E-state index in [0.29, 0.717) is 11.8 Å². The Kier molecular flexibility index (Phi) is 2.63. The fraction of sp³-hybridized carbons (Fsp3) is 0.400. The molecule has 0 spiro atoms. The minimum absolute atomic E-state index is 0.623. The van der Waals surface area contributed by atoms with Gasteiger partial charge in [0.2, 0.25) is 0 Å². The van der Waals surface area contributed by atoms with Crippen LogP contribution in [0.2, 0.25) is 5.02 Å². The van der Waals surface area contributed by atoms with Gasteiger partial charge in [0, 0.05) is 9.50 Å². The van der Waals surface area contributed by atoms with Crippen molar-refractivity contribution in [2.24, 2.45) is 11.7 Å². The van der Waals surface area contributed by atoms with Gasteiger partial charge in [0.25, 0.3) is 0 Å². The molecule has 70 valence electrons. The highest BCUT2D eigenvalue weighted by molar-refractivity contribution is 9.10. The van der Waals surface area contributed by atoms with Crippen LogP contribution in [0.25, 0.3) is 0 Å². The average molecular weight is 261 g/mol. The van der Waals surface area contributed by atoms with Crippen molar-refractivity contribution in [3.8, 4) is 0 Å². The molecular weight excluding hydrogens is 249 g/mol. The average Bonchev–Trinajstić information content (AvgIpc) is 2.88. The molecule has 0 bridgehead atoms. The van der Waals surface area contributed by atoms with Crippen LogP contribution in [0.15, 0.2) is 22.7 Å². The van der Waals surface area contributed by atoms with Gasteiger partial charge < -0.3 is 5.73 Å². The highest BCUT2D eigenvalue weighted by Gasteiger charge is 2.38. The number of hydrogen-bond acceptors (Lipinski definition) is 1. The Labute approximate surface area is 91.4 Å². The van der Waals surface area contributed by atoms with Crippen LogP contribution >= 0.6 is 27.5 Å². The Balaban J connectivity index is 2.25. The number of halogens is 2. The van der Waals surface area contributed by atoms with Crippen molar-refractivity contribution in [1.29, 1.82) is 0 Å². The molecule has 0 amide bonds. The maximum atomic E-state index is 5.93. The van der Waals surface area contributed by atoms with Gasteiger partial charge in [-0.2, -0.15) is 0 Å². The molecular formula is C10H11BrClN. The maximum absolute atomic E-state index is 5.93. The van der Waals surface area contributed by atoms with Crippen LogP contribution in [-0.4, -0.2) is 6.54 Å². The Morgan fingerprint density at radius 2 is 2.31 bits per heavy atom. The van der Waals surface area contributed by atoms with Gasteiger partial charge >= 0.3 is 0 Å². The predicted molar refractivity (Wildman–Crippen MR) is 59.1 cm³/mol. The minimum Gasteiger partial charge on any atom is -0.330 e. The van der Waals surface area contributed by atoms with Gasteiger partial charge in [-0.15, -0.1) is 0 Å². The molecule has 0 aromatic heterocycles. The number of hydrogen-bond donors (Lipinski definition) is 1. The summed E-state index contributed by atoms with van der Waals surface area (Å²) in [7, 11) is 0. The number of benzene rings is 1. The summed E-state index contributed by atoms with van der Waals surface area (Å²) >= 11 is 9.46. The lowest BCUT2D eigenvalue weighted by molar-refractivity contribution is 0.808. The quantitative estimate of drug-likeness (QED) is 0.868. The molecule has 1 aliphatic rings. The van der Waals surface area contributed by atoms with Gasteiger partial charge in [-0.05, 0) is 48.6 Å². The Bertz CT molecular complexity index is 327. The van der Waals surface area contributed by atoms with E-state index in [1.807, 2.05) is 18.2 Å². The zero-order valence-corrected chi connectivity index (χ0v) is 9.48. The summed E-state index contributed by atoms with van der Waals surface area (Å²) in [5.41, 5.74) is 6.91. The van der Waals surface area contributed by atoms with E-state index in [1.165, 1.54) is 12.0 Å². The van der Waals surface area contributed by atoms with Crippen molar-refractivity contribution in [3.63, 3.8) is 0 Å². The molecule has 0 radical (unpaired) electrons. The van der Waals surface area contributed by atoms with Gasteiger partial charge in [0.15, 0.2) is 0 Å². The lowest BCUT2D eigenvalue weighted by atomic mass is 10.1. The van der Waals surface area contributed by atoms with Gasteiger partial charge in [0.05, 0.1) is 0 Å². The van der Waals surface area contributed by atoms with Crippen molar-refractivity contribution < 1.29 is 0 Å². The minimum atomic E-state index is 0.623. The summed E-state index contributed by atoms with van der Waals surface area (Å²) in [6.45, 7) is 0.781. The van der Waals surface area contributed by atoms with Crippen LogP contribution in [0, 0.1) is 5.92 Å². The lowest BCUT2D eigenvalue weighted by Gasteiger charge is -2.03. The van der Waals surface area contributed by atoms with Gasteiger partial charge in [-0.25, -0.2) is 0 Å². The molecule has 2 N–H and O–H groups in total. The molecule has 3 heteroatoms. The summed E-state index contributed by atoms with van der Waals surface area (Å²) in [5, 5.41) is 0.806. The predicted octanol–water partition coefficient (Wildman–Crippen LogP) is 3.16. The second-order valence-corrected chi connectivity index (χ2v) is 4.79. The molecule has 13 heavy (non-hydrogen) atoms. The standard InChI is InChI=1S/C10H11BrClN/c11-10-2-1-7(12)4-9(10)8-3-6(8)5-13/h1-2,4,6,8H,3,5,13H2. The Hall–Kier alpha value is -0.0500. The second-order valence-electron chi connectivity index (χ2n) is 3.50. The van der Waals surface area contributed by atoms with Gasteiger partial charge in [-0.3, -0.25) is 0 Å². The monoisotopic (exact) mass is 259 g/mol. The molecule has 2 unspecified atom stereocenters. The summed E-state index contributed by atoms with van der Waals surface area (Å²) < 4.78 is 1.15. The highest BCUT2D eigenvalue weighted by Crippen LogP contribution is 2.49. The van der Waals surface area contributed by atoms with Crippen LogP contribution in [-0.2, 0) is 0 Å². The first kappa shape index (κ1) is 9.50. The van der Waals surface area contributed by atoms with Gasteiger partial charge in [0.1, 0.15) is 0 Å². The van der Waals surface area contributed by atoms with E-state index in [9.17, 15) is 0 Å². The van der Waals surface area contributed by atoms with E-state index in [0.717, 1.165) is 16.0 Å². The van der Waals surface area contributed by atoms with Crippen LogP contribution in [0.4, 0.5) is 0 Å². The zero-order valence-electron chi connectivity index (χ0n) is 7.13. The molecule has 0 saturated heterocycles. The van der Waals surface area contributed by atoms with E-state index in [4.69, 9.17) is 17.3 Å². The molecule has 0 heterocycles. The van der Waals surface area contributed by atoms with Crippen molar-refractivity contribution in [2.75, 3.05) is 6.54 Å². The molecule has 1 aromatic rings. The Morgan fingerprint density at radius 1 is 1.54 bits per heavy atom. The molecule has 2 rings (SSSR count). The summed E-state index contributed by atoms with van der Waals surface area (Å²) in [6.07, 6.45) is 1.20. The molecule has 1 fully saturated rings. The molecule has 1 nitrogen and oxygen atoms in total. The first-order valence-electron chi connectivity index (χ1n) is 4.37. The molecule has 1 aliphatic carbocycles. The fourth-order valence-electron chi connectivity index (χ4n) is 1.69. The third-order valence-corrected chi connectivity index (χ3v) is 3.54. The van der Waals surface area contributed by atoms with E-state index < -0.39 is 0 Å². The Morgan fingerprint density at radius 3 is 2.92 bits per heavy atom. The lowest BCUT2D eigenvalue weighted by Crippen LogP contribution is -2.02. The molecule has 1 aromatic carbocycles. The fourth-order valence-corrected chi connectivity index (χ4v) is 2.41. The third-order valence-electron chi connectivity index (χ3n) is 2.58. The van der Waals surface area contributed by atoms with E-state index >= 15 is 0 Å². The second kappa shape index (κ2) is 3.60. The van der Waals surface area contributed by atoms with Crippen LogP contribution in [0.3, 0.4) is 0 Å². The SMILES string of the molecule is NCC1CC1c1cc(Cl)ccc1Br. The highest BCUT2D eigenvalue weighted by atomic mass is 79.9.